The van der Waals surface area contributed by atoms with E-state index in [-0.39, 0.29) is 17.6 Å². The largest absolute Gasteiger partial charge is 0.477 e. The molecule has 1 unspecified atom stereocenters. The van der Waals surface area contributed by atoms with Crippen LogP contribution in [0.4, 0.5) is 0 Å². The summed E-state index contributed by atoms with van der Waals surface area (Å²) in [5, 5.41) is 8.88. The van der Waals surface area contributed by atoms with E-state index < -0.39 is 5.97 Å². The van der Waals surface area contributed by atoms with Gasteiger partial charge < -0.3 is 10.0 Å². The van der Waals surface area contributed by atoms with E-state index in [0.29, 0.717) is 5.56 Å². The predicted molar refractivity (Wildman–Crippen MR) is 92.3 cm³/mol. The molecule has 5 nitrogen and oxygen atoms in total. The Bertz CT molecular complexity index is 708. The first-order chi connectivity index (χ1) is 11.4. The fourth-order valence-electron chi connectivity index (χ4n) is 2.57. The summed E-state index contributed by atoms with van der Waals surface area (Å²) in [6, 6.07) is 11.2. The highest BCUT2D eigenvalue weighted by atomic mass is 16.4. The highest BCUT2D eigenvalue weighted by Gasteiger charge is 2.20. The van der Waals surface area contributed by atoms with E-state index in [9.17, 15) is 9.59 Å². The van der Waals surface area contributed by atoms with Crippen LogP contribution in [0.3, 0.4) is 0 Å². The highest BCUT2D eigenvalue weighted by molar-refractivity contribution is 5.95. The molecule has 0 aliphatic rings. The Balaban J connectivity index is 2.11. The number of carboxylic acid groups (broad SMARTS) is 1. The molecule has 0 spiro atoms. The molecule has 0 aliphatic heterocycles. The van der Waals surface area contributed by atoms with Gasteiger partial charge in [0.25, 0.3) is 5.91 Å². The second-order valence-corrected chi connectivity index (χ2v) is 5.91. The minimum absolute atomic E-state index is 0.0686. The third-order valence-electron chi connectivity index (χ3n) is 4.16. The zero-order valence-corrected chi connectivity index (χ0v) is 14.2. The van der Waals surface area contributed by atoms with Crippen LogP contribution in [-0.2, 0) is 6.42 Å². The van der Waals surface area contributed by atoms with Gasteiger partial charge in [-0.2, -0.15) is 0 Å². The summed E-state index contributed by atoms with van der Waals surface area (Å²) in [7, 11) is 1.77. The summed E-state index contributed by atoms with van der Waals surface area (Å²) in [5.41, 5.74) is 2.72. The average molecular weight is 326 g/mol. The standard InChI is InChI=1S/C19H22N2O3/c1-4-16(11-14-7-5-13(2)6-8-14)21(3)18(22)15-9-10-17(19(23)24)20-12-15/h5-10,12,16H,4,11H2,1-3H3,(H,23,24). The second-order valence-electron chi connectivity index (χ2n) is 5.91. The molecule has 5 heteroatoms. The molecule has 1 atom stereocenters. The summed E-state index contributed by atoms with van der Waals surface area (Å²) < 4.78 is 0. The minimum Gasteiger partial charge on any atom is -0.477 e. The van der Waals surface area contributed by atoms with E-state index >= 15 is 0 Å². The third kappa shape index (κ3) is 4.19. The monoisotopic (exact) mass is 326 g/mol. The van der Waals surface area contributed by atoms with Crippen LogP contribution >= 0.6 is 0 Å². The fraction of sp³-hybridized carbons (Fsp3) is 0.316. The number of hydrogen-bond donors (Lipinski definition) is 1. The quantitative estimate of drug-likeness (QED) is 0.885. The van der Waals surface area contributed by atoms with Gasteiger partial charge in [0, 0.05) is 19.3 Å². The predicted octanol–water partition coefficient (Wildman–Crippen LogP) is 3.18. The van der Waals surface area contributed by atoms with Crippen LogP contribution in [0.1, 0.15) is 45.3 Å². The minimum atomic E-state index is -1.10. The van der Waals surface area contributed by atoms with E-state index in [1.807, 2.05) is 6.92 Å². The first-order valence-corrected chi connectivity index (χ1v) is 7.94. The average Bonchev–Trinajstić information content (AvgIpc) is 2.60. The lowest BCUT2D eigenvalue weighted by Gasteiger charge is -2.27. The van der Waals surface area contributed by atoms with Gasteiger partial charge in [0.05, 0.1) is 5.56 Å². The number of rotatable bonds is 6. The summed E-state index contributed by atoms with van der Waals surface area (Å²) >= 11 is 0. The van der Waals surface area contributed by atoms with Crippen molar-refractivity contribution in [1.82, 2.24) is 9.88 Å². The van der Waals surface area contributed by atoms with Crippen molar-refractivity contribution < 1.29 is 14.7 Å². The van der Waals surface area contributed by atoms with E-state index in [1.54, 1.807) is 11.9 Å². The molecule has 0 aliphatic carbocycles. The molecule has 2 aromatic rings. The van der Waals surface area contributed by atoms with Gasteiger partial charge in [0.15, 0.2) is 0 Å². The van der Waals surface area contributed by atoms with Gasteiger partial charge in [-0.3, -0.25) is 4.79 Å². The number of pyridine rings is 1. The first kappa shape index (κ1) is 17.7. The van der Waals surface area contributed by atoms with Crippen LogP contribution in [-0.4, -0.2) is 40.0 Å². The summed E-state index contributed by atoms with van der Waals surface area (Å²) in [6.45, 7) is 4.10. The Morgan fingerprint density at radius 1 is 1.17 bits per heavy atom. The number of benzene rings is 1. The zero-order chi connectivity index (χ0) is 17.7. The van der Waals surface area contributed by atoms with Crippen LogP contribution in [0.25, 0.3) is 0 Å². The summed E-state index contributed by atoms with van der Waals surface area (Å²) in [4.78, 5) is 29.0. The lowest BCUT2D eigenvalue weighted by molar-refractivity contribution is 0.0685. The van der Waals surface area contributed by atoms with Gasteiger partial charge in [0.1, 0.15) is 5.69 Å². The lowest BCUT2D eigenvalue weighted by Crippen LogP contribution is -2.38. The summed E-state index contributed by atoms with van der Waals surface area (Å²) in [5.74, 6) is -1.26. The molecule has 0 saturated heterocycles. The molecule has 0 saturated carbocycles. The lowest BCUT2D eigenvalue weighted by atomic mass is 10.0. The van der Waals surface area contributed by atoms with Crippen molar-refractivity contribution in [3.63, 3.8) is 0 Å². The molecular weight excluding hydrogens is 304 g/mol. The van der Waals surface area contributed by atoms with Gasteiger partial charge in [-0.15, -0.1) is 0 Å². The van der Waals surface area contributed by atoms with E-state index in [1.165, 1.54) is 29.5 Å². The Hall–Kier alpha value is -2.69. The molecule has 24 heavy (non-hydrogen) atoms. The molecule has 0 bridgehead atoms. The number of carbonyl (C=O) groups is 2. The number of hydrogen-bond acceptors (Lipinski definition) is 3. The van der Waals surface area contributed by atoms with Crippen molar-refractivity contribution in [1.29, 1.82) is 0 Å². The van der Waals surface area contributed by atoms with Crippen molar-refractivity contribution in [2.45, 2.75) is 32.7 Å². The zero-order valence-electron chi connectivity index (χ0n) is 14.2. The van der Waals surface area contributed by atoms with Gasteiger partial charge in [-0.25, -0.2) is 9.78 Å². The number of carboxylic acids is 1. The Morgan fingerprint density at radius 2 is 1.83 bits per heavy atom. The number of amides is 1. The molecular formula is C19H22N2O3. The number of aromatic nitrogens is 1. The van der Waals surface area contributed by atoms with Crippen molar-refractivity contribution in [2.24, 2.45) is 0 Å². The molecule has 0 fully saturated rings. The van der Waals surface area contributed by atoms with Crippen molar-refractivity contribution >= 4 is 11.9 Å². The van der Waals surface area contributed by atoms with Crippen LogP contribution in [0, 0.1) is 6.92 Å². The van der Waals surface area contributed by atoms with Crippen LogP contribution < -0.4 is 0 Å². The number of aryl methyl sites for hydroxylation is 1. The maximum Gasteiger partial charge on any atom is 0.354 e. The maximum atomic E-state index is 12.6. The third-order valence-corrected chi connectivity index (χ3v) is 4.16. The van der Waals surface area contributed by atoms with Gasteiger partial charge in [-0.1, -0.05) is 36.8 Å². The Labute approximate surface area is 142 Å². The molecule has 1 aromatic carbocycles. The molecule has 1 amide bonds. The van der Waals surface area contributed by atoms with E-state index in [4.69, 9.17) is 5.11 Å². The number of nitrogens with zero attached hydrogens (tertiary/aromatic N) is 2. The molecule has 2 rings (SSSR count). The highest BCUT2D eigenvalue weighted by Crippen LogP contribution is 2.15. The first-order valence-electron chi connectivity index (χ1n) is 7.94. The van der Waals surface area contributed by atoms with Crippen molar-refractivity contribution in [3.05, 3.63) is 65.0 Å². The van der Waals surface area contributed by atoms with Crippen LogP contribution in [0.15, 0.2) is 42.6 Å². The fourth-order valence-corrected chi connectivity index (χ4v) is 2.57. The van der Waals surface area contributed by atoms with Gasteiger partial charge in [0.2, 0.25) is 0 Å². The van der Waals surface area contributed by atoms with Crippen molar-refractivity contribution in [2.75, 3.05) is 7.05 Å². The number of aromatic carboxylic acids is 1. The van der Waals surface area contributed by atoms with Gasteiger partial charge >= 0.3 is 5.97 Å². The van der Waals surface area contributed by atoms with Crippen LogP contribution in [0.5, 0.6) is 0 Å². The van der Waals surface area contributed by atoms with Crippen molar-refractivity contribution in [3.8, 4) is 0 Å². The molecule has 0 radical (unpaired) electrons. The number of carbonyl (C=O) groups excluding carboxylic acids is 1. The summed E-state index contributed by atoms with van der Waals surface area (Å²) in [6.07, 6.45) is 2.93. The SMILES string of the molecule is CCC(Cc1ccc(C)cc1)N(C)C(=O)c1ccc(C(=O)O)nc1. The Morgan fingerprint density at radius 3 is 2.33 bits per heavy atom. The second kappa shape index (κ2) is 7.73. The maximum absolute atomic E-state index is 12.6. The molecule has 1 N–H and O–H groups in total. The molecule has 1 heterocycles. The van der Waals surface area contributed by atoms with Crippen LogP contribution in [0.2, 0.25) is 0 Å². The normalized spacial score (nSPS) is 11.8. The smallest absolute Gasteiger partial charge is 0.354 e. The molecule has 1 aromatic heterocycles. The Kier molecular flexibility index (Phi) is 5.68. The molecule has 126 valence electrons. The van der Waals surface area contributed by atoms with E-state index in [2.05, 4.69) is 36.2 Å². The van der Waals surface area contributed by atoms with E-state index in [0.717, 1.165) is 12.8 Å². The topological polar surface area (TPSA) is 70.5 Å². The number of likely N-dealkylation sites (N-methyl/N-ethyl adjacent to an activating group) is 1. The van der Waals surface area contributed by atoms with Gasteiger partial charge in [-0.05, 0) is 37.5 Å².